The molecule has 2 saturated heterocycles. The van der Waals surface area contributed by atoms with E-state index >= 15 is 0 Å². The van der Waals surface area contributed by atoms with Crippen molar-refractivity contribution in [3.63, 3.8) is 0 Å². The van der Waals surface area contributed by atoms with Gasteiger partial charge in [0.15, 0.2) is 17.3 Å². The lowest BCUT2D eigenvalue weighted by molar-refractivity contribution is -0.187. The summed E-state index contributed by atoms with van der Waals surface area (Å²) in [7, 11) is 0. The van der Waals surface area contributed by atoms with Gasteiger partial charge >= 0.3 is 0 Å². The van der Waals surface area contributed by atoms with Crippen LogP contribution in [0.3, 0.4) is 0 Å². The van der Waals surface area contributed by atoms with Gasteiger partial charge in [-0.15, -0.1) is 0 Å². The van der Waals surface area contributed by atoms with Crippen molar-refractivity contribution in [1.82, 2.24) is 4.90 Å². The van der Waals surface area contributed by atoms with Crippen molar-refractivity contribution in [2.75, 3.05) is 44.5 Å². The molecular weight excluding hydrogens is 340 g/mol. The molecule has 8 heteroatoms. The number of likely N-dealkylation sites (tertiary alicyclic amines) is 1. The van der Waals surface area contributed by atoms with Crippen LogP contribution in [0.15, 0.2) is 18.2 Å². The highest BCUT2D eigenvalue weighted by Gasteiger charge is 2.41. The van der Waals surface area contributed by atoms with E-state index in [9.17, 15) is 9.59 Å². The van der Waals surface area contributed by atoms with Gasteiger partial charge in [-0.3, -0.25) is 9.59 Å². The molecule has 3 heterocycles. The van der Waals surface area contributed by atoms with Crippen LogP contribution >= 0.6 is 0 Å². The molecule has 140 valence electrons. The molecule has 2 fully saturated rings. The molecule has 0 saturated carbocycles. The fraction of sp³-hybridized carbons (Fsp3) is 0.556. The highest BCUT2D eigenvalue weighted by molar-refractivity contribution is 5.97. The van der Waals surface area contributed by atoms with Crippen LogP contribution in [-0.4, -0.2) is 62.1 Å². The van der Waals surface area contributed by atoms with Crippen molar-refractivity contribution >= 4 is 17.5 Å². The number of carbonyl (C=O) groups excluding carboxylic acids is 2. The molecule has 8 nitrogen and oxygen atoms in total. The number of piperidine rings is 1. The fourth-order valence-electron chi connectivity index (χ4n) is 3.56. The largest absolute Gasteiger partial charge is 0.454 e. The minimum Gasteiger partial charge on any atom is -0.454 e. The predicted molar refractivity (Wildman–Crippen MR) is 91.0 cm³/mol. The van der Waals surface area contributed by atoms with E-state index in [0.717, 1.165) is 0 Å². The summed E-state index contributed by atoms with van der Waals surface area (Å²) in [5.74, 6) is 0.408. The van der Waals surface area contributed by atoms with E-state index in [-0.39, 0.29) is 25.2 Å². The Bertz CT molecular complexity index is 706. The van der Waals surface area contributed by atoms with Gasteiger partial charge < -0.3 is 28.7 Å². The maximum atomic E-state index is 12.7. The third-order valence-corrected chi connectivity index (χ3v) is 5.03. The van der Waals surface area contributed by atoms with E-state index in [1.807, 2.05) is 0 Å². The first-order valence-corrected chi connectivity index (χ1v) is 8.80. The van der Waals surface area contributed by atoms with E-state index < -0.39 is 5.79 Å². The molecule has 0 bridgehead atoms. The zero-order valence-electron chi connectivity index (χ0n) is 14.7. The van der Waals surface area contributed by atoms with Crippen LogP contribution in [0.4, 0.5) is 5.69 Å². The van der Waals surface area contributed by atoms with Crippen molar-refractivity contribution in [3.05, 3.63) is 18.2 Å². The number of carbonyl (C=O) groups is 2. The SMILES string of the molecule is CC(=O)N(CC(=O)N1CCC2(CC1)OCCO2)c1ccc2c(c1)OCO2. The zero-order valence-corrected chi connectivity index (χ0v) is 14.7. The Morgan fingerprint density at radius 3 is 2.50 bits per heavy atom. The highest BCUT2D eigenvalue weighted by Crippen LogP contribution is 2.36. The first kappa shape index (κ1) is 17.1. The number of fused-ring (bicyclic) bond motifs is 1. The average molecular weight is 362 g/mol. The van der Waals surface area contributed by atoms with Gasteiger partial charge in [0.1, 0.15) is 6.54 Å². The zero-order chi connectivity index (χ0) is 18.1. The molecule has 1 spiro atoms. The second kappa shape index (κ2) is 6.77. The van der Waals surface area contributed by atoms with Gasteiger partial charge in [0.2, 0.25) is 18.6 Å². The number of amides is 2. The smallest absolute Gasteiger partial charge is 0.242 e. The number of ether oxygens (including phenoxy) is 4. The second-order valence-corrected chi connectivity index (χ2v) is 6.63. The average Bonchev–Trinajstić information content (AvgIpc) is 3.29. The Kier molecular flexibility index (Phi) is 4.46. The lowest BCUT2D eigenvalue weighted by Crippen LogP contribution is -2.50. The van der Waals surface area contributed by atoms with Crippen LogP contribution in [0.1, 0.15) is 19.8 Å². The van der Waals surface area contributed by atoms with Gasteiger partial charge in [-0.2, -0.15) is 0 Å². The second-order valence-electron chi connectivity index (χ2n) is 6.63. The summed E-state index contributed by atoms with van der Waals surface area (Å²) in [6, 6.07) is 5.23. The van der Waals surface area contributed by atoms with Crippen molar-refractivity contribution < 1.29 is 28.5 Å². The molecule has 1 aromatic rings. The van der Waals surface area contributed by atoms with Crippen LogP contribution < -0.4 is 14.4 Å². The maximum absolute atomic E-state index is 12.7. The molecule has 1 aromatic carbocycles. The molecule has 26 heavy (non-hydrogen) atoms. The molecule has 3 aliphatic heterocycles. The standard InChI is InChI=1S/C18H22N2O6/c1-13(21)20(14-2-3-15-16(10-14)24-12-23-15)11-17(22)19-6-4-18(5-7-19)25-8-9-26-18/h2-3,10H,4-9,11-12H2,1H3. The molecule has 2 amide bonds. The molecule has 0 aromatic heterocycles. The van der Waals surface area contributed by atoms with Crippen LogP contribution in [0.5, 0.6) is 11.5 Å². The van der Waals surface area contributed by atoms with Crippen molar-refractivity contribution in [3.8, 4) is 11.5 Å². The quantitative estimate of drug-likeness (QED) is 0.802. The maximum Gasteiger partial charge on any atom is 0.242 e. The van der Waals surface area contributed by atoms with E-state index in [0.29, 0.717) is 56.3 Å². The number of rotatable bonds is 3. The van der Waals surface area contributed by atoms with Gasteiger partial charge in [0, 0.05) is 44.6 Å². The molecule has 3 aliphatic rings. The first-order chi connectivity index (χ1) is 12.6. The lowest BCUT2D eigenvalue weighted by atomic mass is 10.0. The van der Waals surface area contributed by atoms with Crippen molar-refractivity contribution in [1.29, 1.82) is 0 Å². The normalized spacial score (nSPS) is 20.4. The Balaban J connectivity index is 1.42. The molecule has 0 unspecified atom stereocenters. The molecule has 4 rings (SSSR count). The van der Waals surface area contributed by atoms with Crippen LogP contribution in [0.25, 0.3) is 0 Å². The topological polar surface area (TPSA) is 77.5 Å². The number of hydrogen-bond acceptors (Lipinski definition) is 6. The number of anilines is 1. The first-order valence-electron chi connectivity index (χ1n) is 8.80. The lowest BCUT2D eigenvalue weighted by Gasteiger charge is -2.38. The number of hydrogen-bond donors (Lipinski definition) is 0. The van der Waals surface area contributed by atoms with Gasteiger partial charge in [-0.25, -0.2) is 0 Å². The Morgan fingerprint density at radius 2 is 1.81 bits per heavy atom. The Morgan fingerprint density at radius 1 is 1.12 bits per heavy atom. The van der Waals surface area contributed by atoms with E-state index in [1.165, 1.54) is 11.8 Å². The van der Waals surface area contributed by atoms with Crippen LogP contribution in [-0.2, 0) is 19.1 Å². The number of benzene rings is 1. The fourth-order valence-corrected chi connectivity index (χ4v) is 3.56. The number of nitrogens with zero attached hydrogens (tertiary/aromatic N) is 2. The molecular formula is C18H22N2O6. The molecule has 0 aliphatic carbocycles. The third kappa shape index (κ3) is 3.22. The summed E-state index contributed by atoms with van der Waals surface area (Å²) in [6.07, 6.45) is 1.31. The summed E-state index contributed by atoms with van der Waals surface area (Å²) < 4.78 is 22.0. The summed E-state index contributed by atoms with van der Waals surface area (Å²) in [4.78, 5) is 28.0. The van der Waals surface area contributed by atoms with Crippen LogP contribution in [0, 0.1) is 0 Å². The summed E-state index contributed by atoms with van der Waals surface area (Å²) in [5, 5.41) is 0. The Hall–Kier alpha value is -2.32. The minimum atomic E-state index is -0.519. The van der Waals surface area contributed by atoms with E-state index in [4.69, 9.17) is 18.9 Å². The van der Waals surface area contributed by atoms with Crippen LogP contribution in [0.2, 0.25) is 0 Å². The van der Waals surface area contributed by atoms with Crippen molar-refractivity contribution in [2.24, 2.45) is 0 Å². The van der Waals surface area contributed by atoms with Gasteiger partial charge in [0.05, 0.1) is 13.2 Å². The van der Waals surface area contributed by atoms with Gasteiger partial charge in [-0.1, -0.05) is 0 Å². The van der Waals surface area contributed by atoms with E-state index in [1.54, 1.807) is 23.1 Å². The highest BCUT2D eigenvalue weighted by atomic mass is 16.7. The van der Waals surface area contributed by atoms with Gasteiger partial charge in [0.25, 0.3) is 0 Å². The monoisotopic (exact) mass is 362 g/mol. The molecule has 0 radical (unpaired) electrons. The predicted octanol–water partition coefficient (Wildman–Crippen LogP) is 1.13. The summed E-state index contributed by atoms with van der Waals surface area (Å²) in [5.41, 5.74) is 0.617. The molecule has 0 atom stereocenters. The van der Waals surface area contributed by atoms with E-state index in [2.05, 4.69) is 0 Å². The summed E-state index contributed by atoms with van der Waals surface area (Å²) >= 11 is 0. The summed E-state index contributed by atoms with van der Waals surface area (Å²) in [6.45, 7) is 3.94. The Labute approximate surface area is 151 Å². The van der Waals surface area contributed by atoms with Gasteiger partial charge in [-0.05, 0) is 12.1 Å². The third-order valence-electron chi connectivity index (χ3n) is 5.03. The van der Waals surface area contributed by atoms with Crippen molar-refractivity contribution in [2.45, 2.75) is 25.6 Å². The molecule has 0 N–H and O–H groups in total. The minimum absolute atomic E-state index is 0.0102.